The predicted molar refractivity (Wildman–Crippen MR) is 85.5 cm³/mol. The van der Waals surface area contributed by atoms with Crippen molar-refractivity contribution in [2.24, 2.45) is 0 Å². The highest BCUT2D eigenvalue weighted by atomic mass is 32.2. The van der Waals surface area contributed by atoms with Crippen molar-refractivity contribution in [3.8, 4) is 11.5 Å². The van der Waals surface area contributed by atoms with E-state index < -0.39 is 5.60 Å². The first kappa shape index (κ1) is 16.0. The van der Waals surface area contributed by atoms with E-state index in [1.165, 1.54) is 17.3 Å². The third kappa shape index (κ3) is 4.86. The lowest BCUT2D eigenvalue weighted by molar-refractivity contribution is 0.0777. The van der Waals surface area contributed by atoms with Gasteiger partial charge in [-0.3, -0.25) is 0 Å². The number of hydrogen-bond acceptors (Lipinski definition) is 5. The average molecular weight is 306 g/mol. The molecule has 0 atom stereocenters. The molecule has 1 aromatic carbocycles. The molecule has 1 N–H and O–H groups in total. The van der Waals surface area contributed by atoms with Crippen molar-refractivity contribution in [2.45, 2.75) is 50.9 Å². The van der Waals surface area contributed by atoms with Gasteiger partial charge in [-0.25, -0.2) is 0 Å². The zero-order chi connectivity index (χ0) is 15.5. The van der Waals surface area contributed by atoms with E-state index in [2.05, 4.69) is 36.2 Å². The zero-order valence-corrected chi connectivity index (χ0v) is 13.8. The molecule has 0 radical (unpaired) electrons. The molecule has 0 aliphatic rings. The Hall–Kier alpha value is -1.33. The first-order valence-electron chi connectivity index (χ1n) is 7.14. The first-order valence-corrected chi connectivity index (χ1v) is 8.13. The maximum atomic E-state index is 9.67. The van der Waals surface area contributed by atoms with Gasteiger partial charge in [0.1, 0.15) is 0 Å². The van der Waals surface area contributed by atoms with E-state index in [1.807, 2.05) is 12.1 Å². The Kier molecular flexibility index (Phi) is 5.06. The topological polar surface area (TPSA) is 59.2 Å². The molecule has 0 saturated heterocycles. The van der Waals surface area contributed by atoms with Crippen LogP contribution in [0.25, 0.3) is 11.5 Å². The van der Waals surface area contributed by atoms with E-state index in [0.717, 1.165) is 11.3 Å². The summed E-state index contributed by atoms with van der Waals surface area (Å²) in [5.41, 5.74) is 1.56. The molecule has 2 rings (SSSR count). The highest BCUT2D eigenvalue weighted by molar-refractivity contribution is 7.99. The largest absolute Gasteiger partial charge is 0.411 e. The molecule has 0 bridgehead atoms. The van der Waals surface area contributed by atoms with Gasteiger partial charge in [0, 0.05) is 11.3 Å². The fourth-order valence-corrected chi connectivity index (χ4v) is 2.80. The molecule has 0 saturated carbocycles. The van der Waals surface area contributed by atoms with Crippen molar-refractivity contribution >= 4 is 11.8 Å². The molecule has 21 heavy (non-hydrogen) atoms. The Morgan fingerprint density at radius 3 is 2.43 bits per heavy atom. The van der Waals surface area contributed by atoms with Gasteiger partial charge in [-0.1, -0.05) is 37.7 Å². The lowest BCUT2D eigenvalue weighted by Crippen LogP contribution is -2.18. The fraction of sp³-hybridized carbons (Fsp3) is 0.500. The van der Waals surface area contributed by atoms with Gasteiger partial charge in [0.15, 0.2) is 0 Å². The van der Waals surface area contributed by atoms with Crippen LogP contribution in [-0.2, 0) is 0 Å². The first-order chi connectivity index (χ1) is 9.85. The highest BCUT2D eigenvalue weighted by Gasteiger charge is 2.14. The highest BCUT2D eigenvalue weighted by Crippen LogP contribution is 2.26. The van der Waals surface area contributed by atoms with Crippen LogP contribution in [0, 0.1) is 0 Å². The molecule has 0 spiro atoms. The molecule has 0 unspecified atom stereocenters. The lowest BCUT2D eigenvalue weighted by Gasteiger charge is -2.15. The van der Waals surface area contributed by atoms with Crippen molar-refractivity contribution in [1.29, 1.82) is 0 Å². The second-order valence-corrected chi connectivity index (χ2v) is 7.11. The van der Waals surface area contributed by atoms with E-state index in [1.54, 1.807) is 13.8 Å². The average Bonchev–Trinajstić information content (AvgIpc) is 2.86. The molecule has 114 valence electrons. The number of rotatable bonds is 6. The van der Waals surface area contributed by atoms with Gasteiger partial charge >= 0.3 is 0 Å². The number of aliphatic hydroxyl groups is 1. The summed E-state index contributed by atoms with van der Waals surface area (Å²) in [6.07, 6.45) is 0.679. The van der Waals surface area contributed by atoms with Crippen molar-refractivity contribution in [1.82, 2.24) is 10.2 Å². The predicted octanol–water partition coefficient (Wildman–Crippen LogP) is 4.11. The van der Waals surface area contributed by atoms with E-state index in [0.29, 0.717) is 23.5 Å². The van der Waals surface area contributed by atoms with Gasteiger partial charge in [0.2, 0.25) is 5.89 Å². The molecule has 0 aliphatic carbocycles. The van der Waals surface area contributed by atoms with Crippen LogP contribution >= 0.6 is 11.8 Å². The minimum Gasteiger partial charge on any atom is -0.411 e. The van der Waals surface area contributed by atoms with Gasteiger partial charge in [-0.05, 0) is 43.9 Å². The quantitative estimate of drug-likeness (QED) is 0.814. The maximum Gasteiger partial charge on any atom is 0.276 e. The van der Waals surface area contributed by atoms with Crippen LogP contribution in [0.4, 0.5) is 0 Å². The van der Waals surface area contributed by atoms with Crippen LogP contribution in [0.5, 0.6) is 0 Å². The molecule has 0 amide bonds. The molecular weight excluding hydrogens is 284 g/mol. The summed E-state index contributed by atoms with van der Waals surface area (Å²) >= 11 is 1.47. The summed E-state index contributed by atoms with van der Waals surface area (Å²) in [5.74, 6) is 1.79. The molecule has 5 heteroatoms. The molecule has 1 aromatic heterocycles. The van der Waals surface area contributed by atoms with Crippen molar-refractivity contribution in [3.05, 3.63) is 29.8 Å². The summed E-state index contributed by atoms with van der Waals surface area (Å²) in [5, 5.41) is 18.3. The van der Waals surface area contributed by atoms with E-state index >= 15 is 0 Å². The third-order valence-corrected chi connectivity index (χ3v) is 3.99. The number of hydrogen-bond donors (Lipinski definition) is 1. The Labute approximate surface area is 130 Å². The lowest BCUT2D eigenvalue weighted by atomic mass is 10.0. The van der Waals surface area contributed by atoms with Gasteiger partial charge in [0.25, 0.3) is 5.22 Å². The van der Waals surface area contributed by atoms with Crippen molar-refractivity contribution in [2.75, 3.05) is 5.75 Å². The van der Waals surface area contributed by atoms with Crippen LogP contribution in [-0.4, -0.2) is 26.7 Å². The van der Waals surface area contributed by atoms with E-state index in [9.17, 15) is 5.11 Å². The minimum absolute atomic E-state index is 0.509. The van der Waals surface area contributed by atoms with Crippen LogP contribution in [0.2, 0.25) is 0 Å². The second kappa shape index (κ2) is 6.62. The molecular formula is C16H22N2O2S. The van der Waals surface area contributed by atoms with Crippen LogP contribution in [0.1, 0.15) is 45.6 Å². The Bertz CT molecular complexity index is 571. The minimum atomic E-state index is -0.664. The summed E-state index contributed by atoms with van der Waals surface area (Å²) in [4.78, 5) is 0. The molecule has 1 heterocycles. The standard InChI is InChI=1S/C16H22N2O2S/c1-11(2)12-5-7-13(8-6-12)14-17-18-15(20-14)21-10-9-16(3,4)19/h5-8,11,19H,9-10H2,1-4H3. The maximum absolute atomic E-state index is 9.67. The van der Waals surface area contributed by atoms with Gasteiger partial charge in [-0.2, -0.15) is 0 Å². The monoisotopic (exact) mass is 306 g/mol. The van der Waals surface area contributed by atoms with E-state index in [-0.39, 0.29) is 0 Å². The van der Waals surface area contributed by atoms with Crippen molar-refractivity contribution < 1.29 is 9.52 Å². The van der Waals surface area contributed by atoms with Crippen LogP contribution < -0.4 is 0 Å². The van der Waals surface area contributed by atoms with E-state index in [4.69, 9.17) is 4.42 Å². The summed E-state index contributed by atoms with van der Waals surface area (Å²) in [6, 6.07) is 8.19. The molecule has 0 aliphatic heterocycles. The van der Waals surface area contributed by atoms with Crippen LogP contribution in [0.15, 0.2) is 33.9 Å². The normalized spacial score (nSPS) is 12.1. The Balaban J connectivity index is 1.99. The summed E-state index contributed by atoms with van der Waals surface area (Å²) < 4.78 is 5.64. The molecule has 2 aromatic rings. The summed E-state index contributed by atoms with van der Waals surface area (Å²) in [6.45, 7) is 7.92. The Morgan fingerprint density at radius 2 is 1.86 bits per heavy atom. The second-order valence-electron chi connectivity index (χ2n) is 6.06. The number of thioether (sulfide) groups is 1. The summed E-state index contributed by atoms with van der Waals surface area (Å²) in [7, 11) is 0. The van der Waals surface area contributed by atoms with Crippen LogP contribution in [0.3, 0.4) is 0 Å². The Morgan fingerprint density at radius 1 is 1.19 bits per heavy atom. The van der Waals surface area contributed by atoms with Gasteiger partial charge in [-0.15, -0.1) is 10.2 Å². The SMILES string of the molecule is CC(C)c1ccc(-c2nnc(SCCC(C)(C)O)o2)cc1. The smallest absolute Gasteiger partial charge is 0.276 e. The molecule has 0 fully saturated rings. The van der Waals surface area contributed by atoms with Gasteiger partial charge in [0.05, 0.1) is 5.60 Å². The third-order valence-electron chi connectivity index (χ3n) is 3.17. The molecule has 4 nitrogen and oxygen atoms in total. The number of aromatic nitrogens is 2. The van der Waals surface area contributed by atoms with Gasteiger partial charge < -0.3 is 9.52 Å². The number of benzene rings is 1. The number of nitrogens with zero attached hydrogens (tertiary/aromatic N) is 2. The fourth-order valence-electron chi connectivity index (χ4n) is 1.78. The van der Waals surface area contributed by atoms with Crippen molar-refractivity contribution in [3.63, 3.8) is 0 Å². The zero-order valence-electron chi connectivity index (χ0n) is 13.0.